The minimum Gasteiger partial charge on any atom is -0.338 e. The molecule has 3 heterocycles. The predicted octanol–water partition coefficient (Wildman–Crippen LogP) is 3.76. The molecule has 5 heteroatoms. The lowest BCUT2D eigenvalue weighted by Gasteiger charge is -2.46. The molecule has 29 heavy (non-hydrogen) atoms. The first kappa shape index (κ1) is 18.1. The van der Waals surface area contributed by atoms with E-state index in [1.165, 1.54) is 11.3 Å². The topological polar surface area (TPSA) is 41.4 Å². The van der Waals surface area contributed by atoms with E-state index in [-0.39, 0.29) is 11.4 Å². The van der Waals surface area contributed by atoms with Gasteiger partial charge in [0.1, 0.15) is 5.82 Å². The molecule has 3 aromatic rings. The van der Waals surface area contributed by atoms with Crippen LogP contribution in [0.3, 0.4) is 0 Å². The molecular weight excluding hydrogens is 360 g/mol. The van der Waals surface area contributed by atoms with Crippen molar-refractivity contribution in [3.63, 3.8) is 0 Å². The van der Waals surface area contributed by atoms with Crippen molar-refractivity contribution in [3.8, 4) is 5.69 Å². The van der Waals surface area contributed by atoms with E-state index < -0.39 is 0 Å². The number of nitrogens with zero attached hydrogens (tertiary/aromatic N) is 4. The molecule has 0 N–H and O–H groups in total. The van der Waals surface area contributed by atoms with Crippen LogP contribution >= 0.6 is 0 Å². The Morgan fingerprint density at radius 2 is 1.86 bits per heavy atom. The van der Waals surface area contributed by atoms with E-state index in [0.29, 0.717) is 0 Å². The molecule has 0 aliphatic carbocycles. The lowest BCUT2D eigenvalue weighted by molar-refractivity contribution is 0.0230. The Morgan fingerprint density at radius 3 is 2.66 bits per heavy atom. The summed E-state index contributed by atoms with van der Waals surface area (Å²) in [7, 11) is 2.19. The van der Waals surface area contributed by atoms with Gasteiger partial charge in [-0.05, 0) is 50.6 Å². The molecule has 0 bridgehead atoms. The molecule has 1 aromatic heterocycles. The summed E-state index contributed by atoms with van der Waals surface area (Å²) in [5.74, 6) is 1.22. The number of fused-ring (bicyclic) bond motifs is 4. The molecule has 0 saturated carbocycles. The van der Waals surface area contributed by atoms with Crippen LogP contribution in [0.25, 0.3) is 5.69 Å². The average Bonchev–Trinajstić information content (AvgIpc) is 3.21. The minimum atomic E-state index is -0.161. The van der Waals surface area contributed by atoms with Crippen molar-refractivity contribution in [2.75, 3.05) is 20.1 Å². The zero-order valence-electron chi connectivity index (χ0n) is 17.0. The zero-order valence-corrected chi connectivity index (χ0v) is 17.0. The van der Waals surface area contributed by atoms with Crippen molar-refractivity contribution in [1.82, 2.24) is 19.4 Å². The quantitative estimate of drug-likeness (QED) is 0.639. The molecule has 0 unspecified atom stereocenters. The number of likely N-dealkylation sites (tertiary alicyclic amines) is 1. The number of amides is 1. The second kappa shape index (κ2) is 6.85. The fourth-order valence-corrected chi connectivity index (χ4v) is 4.94. The second-order valence-electron chi connectivity index (χ2n) is 8.30. The number of rotatable bonds is 1. The molecule has 1 spiro atoms. The standard InChI is InChI=1S/C24H26N4O/c1-18-6-5-8-19(16-18)22(29)27-13-10-24(11-14-27)23-25-12-15-28(23)21-9-4-3-7-20(21)17-26(24)2/h3-9,12,15-16H,10-11,13-14,17H2,1-2H3. The van der Waals surface area contributed by atoms with Crippen LogP contribution in [0.15, 0.2) is 60.9 Å². The highest BCUT2D eigenvalue weighted by Crippen LogP contribution is 2.42. The third kappa shape index (κ3) is 2.88. The fraction of sp³-hybridized carbons (Fsp3) is 0.333. The first-order valence-corrected chi connectivity index (χ1v) is 10.3. The van der Waals surface area contributed by atoms with Gasteiger partial charge >= 0.3 is 0 Å². The zero-order chi connectivity index (χ0) is 20.0. The number of piperidine rings is 1. The normalized spacial score (nSPS) is 18.2. The SMILES string of the molecule is Cc1cccc(C(=O)N2CCC3(CC2)c2nccn2-c2ccccc2CN3C)c1. The van der Waals surface area contributed by atoms with Crippen molar-refractivity contribution in [3.05, 3.63) is 83.4 Å². The van der Waals surface area contributed by atoms with E-state index in [4.69, 9.17) is 4.98 Å². The van der Waals surface area contributed by atoms with Gasteiger partial charge < -0.3 is 9.47 Å². The van der Waals surface area contributed by atoms with Crippen molar-refractivity contribution in [1.29, 1.82) is 0 Å². The molecule has 2 aliphatic rings. The maximum Gasteiger partial charge on any atom is 0.253 e. The van der Waals surface area contributed by atoms with Gasteiger partial charge in [-0.2, -0.15) is 0 Å². The molecule has 5 rings (SSSR count). The monoisotopic (exact) mass is 386 g/mol. The average molecular weight is 386 g/mol. The predicted molar refractivity (Wildman–Crippen MR) is 113 cm³/mol. The van der Waals surface area contributed by atoms with Gasteiger partial charge in [-0.3, -0.25) is 9.69 Å². The highest BCUT2D eigenvalue weighted by molar-refractivity contribution is 5.94. The van der Waals surface area contributed by atoms with E-state index in [1.807, 2.05) is 42.3 Å². The fourth-order valence-electron chi connectivity index (χ4n) is 4.94. The molecule has 148 valence electrons. The minimum absolute atomic E-state index is 0.131. The number of aryl methyl sites for hydroxylation is 1. The Kier molecular flexibility index (Phi) is 4.28. The van der Waals surface area contributed by atoms with Gasteiger partial charge in [-0.25, -0.2) is 4.98 Å². The summed E-state index contributed by atoms with van der Waals surface area (Å²) < 4.78 is 2.25. The van der Waals surface area contributed by atoms with Crippen LogP contribution in [0.1, 0.15) is 40.2 Å². The van der Waals surface area contributed by atoms with Crippen LogP contribution in [-0.2, 0) is 12.1 Å². The van der Waals surface area contributed by atoms with E-state index in [1.54, 1.807) is 0 Å². The van der Waals surface area contributed by atoms with Crippen LogP contribution < -0.4 is 0 Å². The van der Waals surface area contributed by atoms with Crippen LogP contribution in [0.2, 0.25) is 0 Å². The van der Waals surface area contributed by atoms with Gasteiger partial charge in [0.15, 0.2) is 0 Å². The van der Waals surface area contributed by atoms with E-state index in [0.717, 1.165) is 49.4 Å². The van der Waals surface area contributed by atoms with Gasteiger partial charge in [0.2, 0.25) is 0 Å². The molecule has 2 aromatic carbocycles. The number of benzene rings is 2. The second-order valence-corrected chi connectivity index (χ2v) is 8.30. The summed E-state index contributed by atoms with van der Waals surface area (Å²) in [6.07, 6.45) is 5.73. The summed E-state index contributed by atoms with van der Waals surface area (Å²) in [6.45, 7) is 4.38. The summed E-state index contributed by atoms with van der Waals surface area (Å²) in [4.78, 5) is 22.3. The van der Waals surface area contributed by atoms with Gasteiger partial charge in [-0.15, -0.1) is 0 Å². The van der Waals surface area contributed by atoms with Crippen molar-refractivity contribution >= 4 is 5.91 Å². The van der Waals surface area contributed by atoms with Crippen LogP contribution in [0.5, 0.6) is 0 Å². The van der Waals surface area contributed by atoms with E-state index >= 15 is 0 Å². The molecule has 2 aliphatic heterocycles. The molecule has 1 amide bonds. The summed E-state index contributed by atoms with van der Waals surface area (Å²) >= 11 is 0. The molecule has 1 saturated heterocycles. The first-order valence-electron chi connectivity index (χ1n) is 10.3. The number of aromatic nitrogens is 2. The molecule has 0 radical (unpaired) electrons. The molecule has 1 fully saturated rings. The van der Waals surface area contributed by atoms with Gasteiger partial charge in [0, 0.05) is 37.6 Å². The maximum absolute atomic E-state index is 13.0. The Bertz CT molecular complexity index is 1060. The summed E-state index contributed by atoms with van der Waals surface area (Å²) in [5.41, 5.74) is 4.26. The maximum atomic E-state index is 13.0. The lowest BCUT2D eigenvalue weighted by Crippen LogP contribution is -2.53. The number of imidazole rings is 1. The Hall–Kier alpha value is -2.92. The molecule has 5 nitrogen and oxygen atoms in total. The Morgan fingerprint density at radius 1 is 1.07 bits per heavy atom. The number of carbonyl (C=O) groups excluding carboxylic acids is 1. The number of hydrogen-bond acceptors (Lipinski definition) is 3. The number of para-hydroxylation sites is 1. The smallest absolute Gasteiger partial charge is 0.253 e. The van der Waals surface area contributed by atoms with Crippen LogP contribution in [0.4, 0.5) is 0 Å². The largest absolute Gasteiger partial charge is 0.338 e. The third-order valence-electron chi connectivity index (χ3n) is 6.59. The van der Waals surface area contributed by atoms with Crippen molar-refractivity contribution in [2.45, 2.75) is 31.8 Å². The highest BCUT2D eigenvalue weighted by atomic mass is 16.2. The van der Waals surface area contributed by atoms with E-state index in [2.05, 4.69) is 47.0 Å². The summed E-state index contributed by atoms with van der Waals surface area (Å²) in [6, 6.07) is 16.4. The van der Waals surface area contributed by atoms with Gasteiger partial charge in [-0.1, -0.05) is 35.9 Å². The molecule has 0 atom stereocenters. The number of hydrogen-bond donors (Lipinski definition) is 0. The Labute approximate surface area is 171 Å². The van der Waals surface area contributed by atoms with Crippen molar-refractivity contribution in [2.24, 2.45) is 0 Å². The lowest BCUT2D eigenvalue weighted by atomic mass is 9.84. The molecular formula is C24H26N4O. The third-order valence-corrected chi connectivity index (χ3v) is 6.59. The van der Waals surface area contributed by atoms with E-state index in [9.17, 15) is 4.79 Å². The Balaban J connectivity index is 1.45. The van der Waals surface area contributed by atoms with Crippen LogP contribution in [-0.4, -0.2) is 45.4 Å². The van der Waals surface area contributed by atoms with Crippen molar-refractivity contribution < 1.29 is 4.79 Å². The van der Waals surface area contributed by atoms with Crippen LogP contribution in [0, 0.1) is 6.92 Å². The van der Waals surface area contributed by atoms with Gasteiger partial charge in [0.05, 0.1) is 11.2 Å². The highest BCUT2D eigenvalue weighted by Gasteiger charge is 2.45. The van der Waals surface area contributed by atoms with Gasteiger partial charge in [0.25, 0.3) is 5.91 Å². The summed E-state index contributed by atoms with van der Waals surface area (Å²) in [5, 5.41) is 0. The number of carbonyl (C=O) groups is 1. The first-order chi connectivity index (χ1) is 14.1.